The molecule has 1 fully saturated rings. The molecule has 0 saturated carbocycles. The fraction of sp³-hybridized carbons (Fsp3) is 0.611. The first-order valence-corrected chi connectivity index (χ1v) is 8.18. The highest BCUT2D eigenvalue weighted by molar-refractivity contribution is 5.78. The summed E-state index contributed by atoms with van der Waals surface area (Å²) < 4.78 is 13.1. The highest BCUT2D eigenvalue weighted by Crippen LogP contribution is 2.29. The topological polar surface area (TPSA) is 52.6 Å². The van der Waals surface area contributed by atoms with Gasteiger partial charge >= 0.3 is 0 Å². The van der Waals surface area contributed by atoms with E-state index in [0.717, 1.165) is 24.9 Å². The van der Waals surface area contributed by atoms with Crippen LogP contribution in [-0.2, 0) is 4.79 Å². The van der Waals surface area contributed by atoms with Gasteiger partial charge in [-0.05, 0) is 36.0 Å². The number of hydrogen-bond acceptors (Lipinski definition) is 3. The molecule has 1 aromatic rings. The quantitative estimate of drug-likeness (QED) is 0.876. The molecule has 1 aromatic carbocycles. The van der Waals surface area contributed by atoms with E-state index in [0.29, 0.717) is 13.1 Å². The van der Waals surface area contributed by atoms with E-state index in [2.05, 4.69) is 26.1 Å². The summed E-state index contributed by atoms with van der Waals surface area (Å²) in [4.78, 5) is 14.3. The molecule has 0 aromatic heterocycles. The van der Waals surface area contributed by atoms with Gasteiger partial charge < -0.3 is 10.4 Å². The van der Waals surface area contributed by atoms with E-state index >= 15 is 0 Å². The third-order valence-corrected chi connectivity index (χ3v) is 4.04. The summed E-state index contributed by atoms with van der Waals surface area (Å²) in [5, 5.41) is 12.6. The van der Waals surface area contributed by atoms with Crippen molar-refractivity contribution in [2.45, 2.75) is 45.8 Å². The number of nitrogens with one attached hydrogen (secondary N) is 1. The molecule has 1 heterocycles. The lowest BCUT2D eigenvalue weighted by Crippen LogP contribution is -2.39. The van der Waals surface area contributed by atoms with Crippen molar-refractivity contribution in [1.29, 1.82) is 0 Å². The number of benzene rings is 1. The number of amides is 1. The average molecular weight is 322 g/mol. The summed E-state index contributed by atoms with van der Waals surface area (Å²) in [7, 11) is 0. The van der Waals surface area contributed by atoms with Crippen LogP contribution in [0.5, 0.6) is 0 Å². The van der Waals surface area contributed by atoms with Gasteiger partial charge in [0.05, 0.1) is 18.7 Å². The molecule has 4 nitrogen and oxygen atoms in total. The molecule has 0 bridgehead atoms. The van der Waals surface area contributed by atoms with Gasteiger partial charge in [0.1, 0.15) is 5.82 Å². The van der Waals surface area contributed by atoms with Crippen LogP contribution in [0.4, 0.5) is 4.39 Å². The number of nitrogens with zero attached hydrogens (tertiary/aromatic N) is 1. The smallest absolute Gasteiger partial charge is 0.234 e. The summed E-state index contributed by atoms with van der Waals surface area (Å²) >= 11 is 0. The van der Waals surface area contributed by atoms with E-state index in [1.165, 1.54) is 12.1 Å². The summed E-state index contributed by atoms with van der Waals surface area (Å²) in [6, 6.07) is 6.16. The normalized spacial score (nSPS) is 20.5. The van der Waals surface area contributed by atoms with Gasteiger partial charge in [-0.2, -0.15) is 0 Å². The van der Waals surface area contributed by atoms with E-state index in [9.17, 15) is 14.3 Å². The molecular formula is C18H27FN2O2. The molecule has 2 rings (SSSR count). The Bertz CT molecular complexity index is 525. The van der Waals surface area contributed by atoms with Crippen LogP contribution in [0, 0.1) is 11.2 Å². The molecule has 0 aliphatic carbocycles. The lowest BCUT2D eigenvalue weighted by Gasteiger charge is -2.28. The van der Waals surface area contributed by atoms with Crippen molar-refractivity contribution < 1.29 is 14.3 Å². The minimum Gasteiger partial charge on any atom is -0.392 e. The van der Waals surface area contributed by atoms with Crippen molar-refractivity contribution >= 4 is 5.91 Å². The highest BCUT2D eigenvalue weighted by atomic mass is 19.1. The Labute approximate surface area is 137 Å². The van der Waals surface area contributed by atoms with Crippen molar-refractivity contribution in [3.63, 3.8) is 0 Å². The van der Waals surface area contributed by atoms with Gasteiger partial charge in [-0.3, -0.25) is 9.69 Å². The van der Waals surface area contributed by atoms with Crippen LogP contribution in [-0.4, -0.2) is 41.7 Å². The Balaban J connectivity index is 2.02. The molecule has 2 N–H and O–H groups in total. The van der Waals surface area contributed by atoms with Gasteiger partial charge in [0.15, 0.2) is 0 Å². The number of hydrogen-bond donors (Lipinski definition) is 2. The van der Waals surface area contributed by atoms with Gasteiger partial charge in [0.25, 0.3) is 0 Å². The molecule has 128 valence electrons. The van der Waals surface area contributed by atoms with Crippen molar-refractivity contribution in [3.05, 3.63) is 35.6 Å². The number of β-amino-alcohol motifs (C(OH)–C–C–N with tert-alkyl or cyclic N) is 1. The van der Waals surface area contributed by atoms with Gasteiger partial charge in [0.2, 0.25) is 5.91 Å². The zero-order chi connectivity index (χ0) is 17.0. The number of aliphatic hydroxyl groups excluding tert-OH is 1. The van der Waals surface area contributed by atoms with Crippen LogP contribution in [0.3, 0.4) is 0 Å². The highest BCUT2D eigenvalue weighted by Gasteiger charge is 2.25. The maximum absolute atomic E-state index is 13.1. The third-order valence-electron chi connectivity index (χ3n) is 4.04. The maximum atomic E-state index is 13.1. The van der Waals surface area contributed by atoms with Crippen LogP contribution in [0.1, 0.15) is 45.2 Å². The molecule has 2 atom stereocenters. The lowest BCUT2D eigenvalue weighted by molar-refractivity contribution is -0.123. The molecule has 5 heteroatoms. The number of carbonyl (C=O) groups is 1. The first-order chi connectivity index (χ1) is 10.7. The molecular weight excluding hydrogens is 295 g/mol. The van der Waals surface area contributed by atoms with Crippen LogP contribution in [0.2, 0.25) is 0 Å². The van der Waals surface area contributed by atoms with E-state index in [1.807, 2.05) is 4.90 Å². The second kappa shape index (κ2) is 7.41. The zero-order valence-electron chi connectivity index (χ0n) is 14.2. The van der Waals surface area contributed by atoms with Gasteiger partial charge in [-0.1, -0.05) is 32.9 Å². The number of carbonyl (C=O) groups excluding carboxylic acids is 1. The number of aliphatic hydroxyl groups is 1. The van der Waals surface area contributed by atoms with Crippen molar-refractivity contribution in [1.82, 2.24) is 10.2 Å². The number of rotatable bonds is 5. The van der Waals surface area contributed by atoms with Gasteiger partial charge in [-0.15, -0.1) is 0 Å². The summed E-state index contributed by atoms with van der Waals surface area (Å²) in [6.45, 7) is 7.94. The largest absolute Gasteiger partial charge is 0.392 e. The monoisotopic (exact) mass is 322 g/mol. The van der Waals surface area contributed by atoms with Crippen molar-refractivity contribution in [2.24, 2.45) is 5.41 Å². The molecule has 23 heavy (non-hydrogen) atoms. The Kier molecular flexibility index (Phi) is 5.76. The molecule has 1 amide bonds. The summed E-state index contributed by atoms with van der Waals surface area (Å²) in [5.41, 5.74) is 0.951. The first kappa shape index (κ1) is 17.9. The van der Waals surface area contributed by atoms with Crippen molar-refractivity contribution in [2.75, 3.05) is 19.6 Å². The second-order valence-corrected chi connectivity index (χ2v) is 7.61. The maximum Gasteiger partial charge on any atom is 0.234 e. The van der Waals surface area contributed by atoms with E-state index in [4.69, 9.17) is 0 Å². The molecule has 1 unspecified atom stereocenters. The standard InChI is InChI=1S/C18H27FN2O2/c1-18(2,3)10-16(13-4-6-14(19)7-5-13)20-17(23)12-21-9-8-15(22)11-21/h4-7,15-16,22H,8-12H2,1-3H3,(H,20,23)/t15-,16?/m0/s1. The van der Waals surface area contributed by atoms with Gasteiger partial charge in [0, 0.05) is 13.1 Å². The SMILES string of the molecule is CC(C)(C)CC(NC(=O)CN1CC[C@H](O)C1)c1ccc(F)cc1. The average Bonchev–Trinajstić information content (AvgIpc) is 2.82. The molecule has 1 saturated heterocycles. The predicted molar refractivity (Wildman–Crippen MR) is 88.4 cm³/mol. The van der Waals surface area contributed by atoms with Crippen LogP contribution < -0.4 is 5.32 Å². The number of likely N-dealkylation sites (tertiary alicyclic amines) is 1. The fourth-order valence-electron chi connectivity index (χ4n) is 2.96. The number of halogens is 1. The minimum atomic E-state index is -0.328. The van der Waals surface area contributed by atoms with Gasteiger partial charge in [-0.25, -0.2) is 4.39 Å². The third kappa shape index (κ3) is 5.92. The lowest BCUT2D eigenvalue weighted by atomic mass is 9.85. The Morgan fingerprint density at radius 1 is 1.39 bits per heavy atom. The van der Waals surface area contributed by atoms with Crippen LogP contribution >= 0.6 is 0 Å². The molecule has 1 aliphatic rings. The first-order valence-electron chi connectivity index (χ1n) is 8.18. The van der Waals surface area contributed by atoms with Crippen LogP contribution in [0.15, 0.2) is 24.3 Å². The zero-order valence-corrected chi connectivity index (χ0v) is 14.2. The Hall–Kier alpha value is -1.46. The van der Waals surface area contributed by atoms with E-state index in [1.54, 1.807) is 12.1 Å². The molecule has 1 aliphatic heterocycles. The molecule has 0 radical (unpaired) electrons. The minimum absolute atomic E-state index is 0.0379. The van der Waals surface area contributed by atoms with Crippen LogP contribution in [0.25, 0.3) is 0 Å². The van der Waals surface area contributed by atoms with Crippen molar-refractivity contribution in [3.8, 4) is 0 Å². The predicted octanol–water partition coefficient (Wildman–Crippen LogP) is 2.49. The van der Waals surface area contributed by atoms with E-state index in [-0.39, 0.29) is 29.3 Å². The summed E-state index contributed by atoms with van der Waals surface area (Å²) in [5.74, 6) is -0.335. The second-order valence-electron chi connectivity index (χ2n) is 7.61. The Morgan fingerprint density at radius 2 is 2.04 bits per heavy atom. The Morgan fingerprint density at radius 3 is 2.57 bits per heavy atom. The fourth-order valence-corrected chi connectivity index (χ4v) is 2.96. The summed E-state index contributed by atoms with van der Waals surface area (Å²) in [6.07, 6.45) is 1.16. The van der Waals surface area contributed by atoms with E-state index < -0.39 is 0 Å². The molecule has 0 spiro atoms.